The van der Waals surface area contributed by atoms with E-state index in [9.17, 15) is 0 Å². The highest BCUT2D eigenvalue weighted by molar-refractivity contribution is 5.93. The largest absolute Gasteiger partial charge is 0.0713 e. The van der Waals surface area contributed by atoms with Gasteiger partial charge in [-0.1, -0.05) is 217 Å². The Morgan fingerprint density at radius 3 is 1.04 bits per heavy atom. The summed E-state index contributed by atoms with van der Waals surface area (Å²) in [7, 11) is 0. The zero-order chi connectivity index (χ0) is 37.2. The SMILES string of the molecule is Cc1ccc(/C(=C\c2ccc(C3(c4ccc(/C=C(/c5ccccc5)c5ccc(C)cc5)cc4)c4ccccc4-c4ccccc43)cc2)c2ccccc2)cc1. The Labute approximate surface area is 325 Å². The van der Waals surface area contributed by atoms with Crippen LogP contribution in [0.5, 0.6) is 0 Å². The Bertz CT molecular complexity index is 2450. The minimum absolute atomic E-state index is 0.476. The van der Waals surface area contributed by atoms with E-state index < -0.39 is 5.41 Å². The Morgan fingerprint density at radius 1 is 0.327 bits per heavy atom. The van der Waals surface area contributed by atoms with Gasteiger partial charge in [-0.2, -0.15) is 0 Å². The van der Waals surface area contributed by atoms with Crippen LogP contribution in [0.3, 0.4) is 0 Å². The molecular weight excluding hydrogens is 661 g/mol. The molecule has 8 aromatic rings. The fraction of sp³-hybridized carbons (Fsp3) is 0.0545. The van der Waals surface area contributed by atoms with E-state index in [0.29, 0.717) is 0 Å². The van der Waals surface area contributed by atoms with Gasteiger partial charge in [0, 0.05) is 0 Å². The van der Waals surface area contributed by atoms with Gasteiger partial charge in [-0.3, -0.25) is 0 Å². The molecule has 0 unspecified atom stereocenters. The molecule has 1 aliphatic carbocycles. The third-order valence-electron chi connectivity index (χ3n) is 11.2. The van der Waals surface area contributed by atoms with Crippen LogP contribution in [-0.2, 0) is 5.41 Å². The monoisotopic (exact) mass is 702 g/mol. The van der Waals surface area contributed by atoms with Crippen molar-refractivity contribution in [1.29, 1.82) is 0 Å². The first-order chi connectivity index (χ1) is 27.1. The predicted molar refractivity (Wildman–Crippen MR) is 233 cm³/mol. The molecule has 8 aromatic carbocycles. The topological polar surface area (TPSA) is 0 Å². The molecule has 0 saturated heterocycles. The first-order valence-electron chi connectivity index (χ1n) is 19.2. The van der Waals surface area contributed by atoms with Crippen LogP contribution in [0.1, 0.15) is 66.8 Å². The highest BCUT2D eigenvalue weighted by Crippen LogP contribution is 2.56. The van der Waals surface area contributed by atoms with Crippen molar-refractivity contribution in [2.24, 2.45) is 0 Å². The van der Waals surface area contributed by atoms with Gasteiger partial charge in [0.05, 0.1) is 5.41 Å². The van der Waals surface area contributed by atoms with E-state index >= 15 is 0 Å². The summed E-state index contributed by atoms with van der Waals surface area (Å²) in [5.41, 5.74) is 19.4. The van der Waals surface area contributed by atoms with Gasteiger partial charge in [-0.05, 0) is 104 Å². The van der Waals surface area contributed by atoms with Crippen molar-refractivity contribution < 1.29 is 0 Å². The number of aryl methyl sites for hydroxylation is 2. The normalized spacial score (nSPS) is 13.3. The van der Waals surface area contributed by atoms with Crippen LogP contribution in [-0.4, -0.2) is 0 Å². The van der Waals surface area contributed by atoms with Gasteiger partial charge in [0.1, 0.15) is 0 Å². The summed E-state index contributed by atoms with van der Waals surface area (Å²) in [6.45, 7) is 4.28. The number of fused-ring (bicyclic) bond motifs is 3. The lowest BCUT2D eigenvalue weighted by Crippen LogP contribution is -2.28. The fourth-order valence-corrected chi connectivity index (χ4v) is 8.38. The summed E-state index contributed by atoms with van der Waals surface area (Å²) in [6.07, 6.45) is 4.65. The quantitative estimate of drug-likeness (QED) is 0.138. The van der Waals surface area contributed by atoms with Gasteiger partial charge in [0.2, 0.25) is 0 Å². The molecule has 0 heterocycles. The van der Waals surface area contributed by atoms with E-state index in [2.05, 4.69) is 232 Å². The molecular formula is C55H42. The van der Waals surface area contributed by atoms with Crippen molar-refractivity contribution in [3.05, 3.63) is 273 Å². The average molecular weight is 703 g/mol. The minimum atomic E-state index is -0.476. The van der Waals surface area contributed by atoms with Crippen LogP contribution in [0.15, 0.2) is 206 Å². The Morgan fingerprint density at radius 2 is 0.655 bits per heavy atom. The van der Waals surface area contributed by atoms with Crippen LogP contribution >= 0.6 is 0 Å². The van der Waals surface area contributed by atoms with Gasteiger partial charge in [0.15, 0.2) is 0 Å². The lowest BCUT2D eigenvalue weighted by atomic mass is 9.67. The molecule has 262 valence electrons. The predicted octanol–water partition coefficient (Wildman–Crippen LogP) is 13.8. The maximum atomic E-state index is 2.35. The molecule has 0 fully saturated rings. The van der Waals surface area contributed by atoms with E-state index in [1.807, 2.05) is 0 Å². The number of hydrogen-bond donors (Lipinski definition) is 0. The van der Waals surface area contributed by atoms with E-state index in [-0.39, 0.29) is 0 Å². The molecule has 0 saturated carbocycles. The van der Waals surface area contributed by atoms with Crippen molar-refractivity contribution in [3.8, 4) is 11.1 Å². The Kier molecular flexibility index (Phi) is 9.02. The maximum Gasteiger partial charge on any atom is 0.0713 e. The zero-order valence-electron chi connectivity index (χ0n) is 31.3. The third kappa shape index (κ3) is 6.37. The summed E-state index contributed by atoms with van der Waals surface area (Å²) >= 11 is 0. The molecule has 0 nitrogen and oxygen atoms in total. The third-order valence-corrected chi connectivity index (χ3v) is 11.2. The molecule has 0 N–H and O–H groups in total. The number of hydrogen-bond acceptors (Lipinski definition) is 0. The first kappa shape index (κ1) is 34.0. The summed E-state index contributed by atoms with van der Waals surface area (Å²) in [4.78, 5) is 0. The van der Waals surface area contributed by atoms with Crippen molar-refractivity contribution >= 4 is 23.3 Å². The van der Waals surface area contributed by atoms with Crippen LogP contribution in [0.2, 0.25) is 0 Å². The molecule has 0 bridgehead atoms. The van der Waals surface area contributed by atoms with Gasteiger partial charge in [-0.15, -0.1) is 0 Å². The summed E-state index contributed by atoms with van der Waals surface area (Å²) in [5.74, 6) is 0. The molecule has 0 amide bonds. The second-order valence-electron chi connectivity index (χ2n) is 14.7. The molecule has 0 aliphatic heterocycles. The van der Waals surface area contributed by atoms with E-state index in [0.717, 1.165) is 0 Å². The molecule has 0 aromatic heterocycles. The van der Waals surface area contributed by atoms with E-state index in [1.165, 1.54) is 89.0 Å². The van der Waals surface area contributed by atoms with Gasteiger partial charge in [0.25, 0.3) is 0 Å². The molecule has 0 radical (unpaired) electrons. The van der Waals surface area contributed by atoms with Gasteiger partial charge >= 0.3 is 0 Å². The van der Waals surface area contributed by atoms with Gasteiger partial charge in [-0.25, -0.2) is 0 Å². The van der Waals surface area contributed by atoms with Crippen LogP contribution in [0.25, 0.3) is 34.4 Å². The standard InChI is InChI=1S/C55H42/c1-39-21-29-45(30-22-39)51(43-13-5-3-6-14-43)37-41-25-33-47(34-26-41)55(53-19-11-9-17-49(53)50-18-10-12-20-54(50)55)48-35-27-42(28-36-48)38-52(44-15-7-4-8-16-44)46-31-23-40(2)24-32-46/h3-38H,1-2H3/b51-37-,52-38-. The van der Waals surface area contributed by atoms with Crippen LogP contribution in [0, 0.1) is 13.8 Å². The molecule has 9 rings (SSSR count). The van der Waals surface area contributed by atoms with Crippen LogP contribution < -0.4 is 0 Å². The molecule has 0 heteroatoms. The van der Waals surface area contributed by atoms with Crippen LogP contribution in [0.4, 0.5) is 0 Å². The first-order valence-corrected chi connectivity index (χ1v) is 19.2. The second-order valence-corrected chi connectivity index (χ2v) is 14.7. The summed E-state index contributed by atoms with van der Waals surface area (Å²) in [5, 5.41) is 0. The highest BCUT2D eigenvalue weighted by Gasteiger charge is 2.45. The Hall–Kier alpha value is -6.76. The van der Waals surface area contributed by atoms with E-state index in [4.69, 9.17) is 0 Å². The van der Waals surface area contributed by atoms with Crippen molar-refractivity contribution in [2.45, 2.75) is 19.3 Å². The molecule has 55 heavy (non-hydrogen) atoms. The van der Waals surface area contributed by atoms with Crippen molar-refractivity contribution in [2.75, 3.05) is 0 Å². The van der Waals surface area contributed by atoms with Gasteiger partial charge < -0.3 is 0 Å². The Balaban J connectivity index is 1.18. The van der Waals surface area contributed by atoms with E-state index in [1.54, 1.807) is 0 Å². The molecule has 1 aliphatic rings. The number of benzene rings is 8. The smallest absolute Gasteiger partial charge is 0.0622 e. The summed E-state index contributed by atoms with van der Waals surface area (Å²) in [6, 6.07) is 75.6. The minimum Gasteiger partial charge on any atom is -0.0622 e. The maximum absolute atomic E-state index is 2.35. The van der Waals surface area contributed by atoms with Crippen molar-refractivity contribution in [1.82, 2.24) is 0 Å². The summed E-state index contributed by atoms with van der Waals surface area (Å²) < 4.78 is 0. The zero-order valence-corrected chi connectivity index (χ0v) is 31.3. The average Bonchev–Trinajstić information content (AvgIpc) is 3.55. The number of rotatable bonds is 8. The fourth-order valence-electron chi connectivity index (χ4n) is 8.38. The lowest BCUT2D eigenvalue weighted by Gasteiger charge is -2.34. The lowest BCUT2D eigenvalue weighted by molar-refractivity contribution is 0.768. The molecule has 0 spiro atoms. The molecule has 0 atom stereocenters. The highest BCUT2D eigenvalue weighted by atomic mass is 14.5. The van der Waals surface area contributed by atoms with Crippen molar-refractivity contribution in [3.63, 3.8) is 0 Å². The second kappa shape index (κ2) is 14.6.